The first-order chi connectivity index (χ1) is 6.24. The Hall–Kier alpha value is -1.16. The molecule has 0 aliphatic heterocycles. The first-order valence-corrected chi connectivity index (χ1v) is 4.27. The Morgan fingerprint density at radius 3 is 2.85 bits per heavy atom. The fraction of sp³-hybridized carbons (Fsp3) is 0.444. The molecule has 0 saturated heterocycles. The summed E-state index contributed by atoms with van der Waals surface area (Å²) in [5.74, 6) is 0.464. The Balaban J connectivity index is 2.55. The van der Waals surface area contributed by atoms with Crippen LogP contribution in [-0.2, 0) is 0 Å². The summed E-state index contributed by atoms with van der Waals surface area (Å²) in [5.41, 5.74) is 5.37. The highest BCUT2D eigenvalue weighted by Crippen LogP contribution is 2.08. The van der Waals surface area contributed by atoms with E-state index >= 15 is 0 Å². The number of aromatic nitrogens is 1. The highest BCUT2D eigenvalue weighted by molar-refractivity contribution is 5.36. The maximum atomic E-state index is 12.5. The van der Waals surface area contributed by atoms with Crippen molar-refractivity contribution in [3.63, 3.8) is 0 Å². The molecule has 1 heterocycles. The van der Waals surface area contributed by atoms with Crippen LogP contribution in [0, 0.1) is 5.82 Å². The summed E-state index contributed by atoms with van der Waals surface area (Å²) >= 11 is 0. The Kier molecular flexibility index (Phi) is 3.64. The van der Waals surface area contributed by atoms with Crippen molar-refractivity contribution in [2.45, 2.75) is 6.42 Å². The molecule has 0 amide bonds. The molecule has 0 bridgehead atoms. The summed E-state index contributed by atoms with van der Waals surface area (Å²) in [6.07, 6.45) is 2.13. The number of nitrogens with zero attached hydrogens (tertiary/aromatic N) is 2. The minimum Gasteiger partial charge on any atom is -0.360 e. The molecule has 0 aliphatic carbocycles. The van der Waals surface area contributed by atoms with E-state index in [1.54, 1.807) is 6.07 Å². The third-order valence-electron chi connectivity index (χ3n) is 1.80. The van der Waals surface area contributed by atoms with Crippen LogP contribution in [0.4, 0.5) is 10.2 Å². The molecule has 2 N–H and O–H groups in total. The smallest absolute Gasteiger partial charge is 0.141 e. The van der Waals surface area contributed by atoms with Gasteiger partial charge in [-0.2, -0.15) is 0 Å². The fourth-order valence-corrected chi connectivity index (χ4v) is 1.04. The summed E-state index contributed by atoms with van der Waals surface area (Å²) in [6, 6.07) is 3.06. The van der Waals surface area contributed by atoms with Crippen LogP contribution in [0.2, 0.25) is 0 Å². The van der Waals surface area contributed by atoms with E-state index in [-0.39, 0.29) is 5.82 Å². The van der Waals surface area contributed by atoms with Gasteiger partial charge in [0.1, 0.15) is 11.6 Å². The first kappa shape index (κ1) is 9.92. The lowest BCUT2D eigenvalue weighted by Crippen LogP contribution is -2.21. The summed E-state index contributed by atoms with van der Waals surface area (Å²) < 4.78 is 12.5. The molecule has 4 heteroatoms. The molecular weight excluding hydrogens is 169 g/mol. The van der Waals surface area contributed by atoms with Crippen molar-refractivity contribution in [1.82, 2.24) is 4.98 Å². The summed E-state index contributed by atoms with van der Waals surface area (Å²) in [7, 11) is 1.91. The number of hydrogen-bond acceptors (Lipinski definition) is 3. The van der Waals surface area contributed by atoms with Crippen molar-refractivity contribution in [3.8, 4) is 0 Å². The van der Waals surface area contributed by atoms with Crippen molar-refractivity contribution < 1.29 is 4.39 Å². The molecule has 1 aromatic heterocycles. The molecule has 0 radical (unpaired) electrons. The molecular formula is C9H14FN3. The van der Waals surface area contributed by atoms with Gasteiger partial charge in [0, 0.05) is 13.6 Å². The van der Waals surface area contributed by atoms with E-state index < -0.39 is 0 Å². The lowest BCUT2D eigenvalue weighted by molar-refractivity contribution is 0.620. The van der Waals surface area contributed by atoms with Crippen molar-refractivity contribution >= 4 is 5.82 Å². The van der Waals surface area contributed by atoms with Gasteiger partial charge in [-0.1, -0.05) is 0 Å². The van der Waals surface area contributed by atoms with E-state index in [0.29, 0.717) is 6.54 Å². The van der Waals surface area contributed by atoms with Crippen molar-refractivity contribution in [2.24, 2.45) is 5.73 Å². The highest BCUT2D eigenvalue weighted by Gasteiger charge is 2.00. The number of nitrogens with two attached hydrogens (primary N) is 1. The first-order valence-electron chi connectivity index (χ1n) is 4.27. The topological polar surface area (TPSA) is 42.1 Å². The molecule has 0 atom stereocenters. The molecule has 0 spiro atoms. The van der Waals surface area contributed by atoms with Gasteiger partial charge in [0.05, 0.1) is 6.20 Å². The molecule has 1 aromatic rings. The van der Waals surface area contributed by atoms with Gasteiger partial charge < -0.3 is 10.6 Å². The van der Waals surface area contributed by atoms with Crippen molar-refractivity contribution in [1.29, 1.82) is 0 Å². The van der Waals surface area contributed by atoms with Gasteiger partial charge in [0.2, 0.25) is 0 Å². The molecule has 0 saturated carbocycles. The third kappa shape index (κ3) is 2.99. The van der Waals surface area contributed by atoms with Crippen LogP contribution in [0.15, 0.2) is 18.3 Å². The number of anilines is 1. The second kappa shape index (κ2) is 4.77. The Morgan fingerprint density at radius 2 is 2.31 bits per heavy atom. The zero-order chi connectivity index (χ0) is 9.68. The standard InChI is InChI=1S/C9H14FN3/c1-13(6-2-5-11)9-4-3-8(10)7-12-9/h3-4,7H,2,5-6,11H2,1H3. The summed E-state index contributed by atoms with van der Waals surface area (Å²) in [4.78, 5) is 5.89. The normalized spacial score (nSPS) is 10.1. The Labute approximate surface area is 77.4 Å². The number of hydrogen-bond donors (Lipinski definition) is 1. The Bertz CT molecular complexity index is 248. The largest absolute Gasteiger partial charge is 0.360 e. The van der Waals surface area contributed by atoms with E-state index in [2.05, 4.69) is 4.98 Å². The van der Waals surface area contributed by atoms with Crippen molar-refractivity contribution in [3.05, 3.63) is 24.1 Å². The molecule has 0 aliphatic rings. The van der Waals surface area contributed by atoms with Gasteiger partial charge in [-0.05, 0) is 25.1 Å². The second-order valence-electron chi connectivity index (χ2n) is 2.90. The van der Waals surface area contributed by atoms with Crippen LogP contribution in [0.5, 0.6) is 0 Å². The van der Waals surface area contributed by atoms with E-state index in [1.807, 2.05) is 11.9 Å². The monoisotopic (exact) mass is 183 g/mol. The maximum Gasteiger partial charge on any atom is 0.141 e. The quantitative estimate of drug-likeness (QED) is 0.757. The van der Waals surface area contributed by atoms with E-state index in [9.17, 15) is 4.39 Å². The van der Waals surface area contributed by atoms with Gasteiger partial charge >= 0.3 is 0 Å². The van der Waals surface area contributed by atoms with E-state index in [0.717, 1.165) is 18.8 Å². The van der Waals surface area contributed by atoms with Crippen LogP contribution in [0.3, 0.4) is 0 Å². The third-order valence-corrected chi connectivity index (χ3v) is 1.80. The van der Waals surface area contributed by atoms with Crippen LogP contribution in [0.1, 0.15) is 6.42 Å². The molecule has 1 rings (SSSR count). The fourth-order valence-electron chi connectivity index (χ4n) is 1.04. The SMILES string of the molecule is CN(CCCN)c1ccc(F)cn1. The zero-order valence-corrected chi connectivity index (χ0v) is 7.70. The van der Waals surface area contributed by atoms with Crippen LogP contribution < -0.4 is 10.6 Å². The van der Waals surface area contributed by atoms with Crippen molar-refractivity contribution in [2.75, 3.05) is 25.0 Å². The van der Waals surface area contributed by atoms with Gasteiger partial charge in [-0.25, -0.2) is 9.37 Å². The lowest BCUT2D eigenvalue weighted by Gasteiger charge is -2.16. The number of pyridine rings is 1. The zero-order valence-electron chi connectivity index (χ0n) is 7.70. The minimum absolute atomic E-state index is 0.309. The van der Waals surface area contributed by atoms with Gasteiger partial charge in [-0.15, -0.1) is 0 Å². The maximum absolute atomic E-state index is 12.5. The molecule has 72 valence electrons. The average molecular weight is 183 g/mol. The lowest BCUT2D eigenvalue weighted by atomic mass is 10.3. The average Bonchev–Trinajstić information content (AvgIpc) is 2.15. The van der Waals surface area contributed by atoms with Crippen LogP contribution >= 0.6 is 0 Å². The summed E-state index contributed by atoms with van der Waals surface area (Å²) in [5, 5.41) is 0. The molecule has 0 fully saturated rings. The molecule has 13 heavy (non-hydrogen) atoms. The number of halogens is 1. The van der Waals surface area contributed by atoms with Gasteiger partial charge in [-0.3, -0.25) is 0 Å². The summed E-state index contributed by atoms with van der Waals surface area (Å²) in [6.45, 7) is 1.50. The number of rotatable bonds is 4. The van der Waals surface area contributed by atoms with Crippen LogP contribution in [-0.4, -0.2) is 25.1 Å². The minimum atomic E-state index is -0.309. The van der Waals surface area contributed by atoms with Gasteiger partial charge in [0.25, 0.3) is 0 Å². The van der Waals surface area contributed by atoms with Crippen LogP contribution in [0.25, 0.3) is 0 Å². The molecule has 0 unspecified atom stereocenters. The second-order valence-corrected chi connectivity index (χ2v) is 2.90. The van der Waals surface area contributed by atoms with E-state index in [1.165, 1.54) is 12.3 Å². The predicted molar refractivity (Wildman–Crippen MR) is 51.1 cm³/mol. The van der Waals surface area contributed by atoms with E-state index in [4.69, 9.17) is 5.73 Å². The predicted octanol–water partition coefficient (Wildman–Crippen LogP) is 1.01. The highest BCUT2D eigenvalue weighted by atomic mass is 19.1. The Morgan fingerprint density at radius 1 is 1.54 bits per heavy atom. The molecule has 0 aromatic carbocycles. The molecule has 3 nitrogen and oxygen atoms in total. The van der Waals surface area contributed by atoms with Gasteiger partial charge in [0.15, 0.2) is 0 Å².